The second-order valence-corrected chi connectivity index (χ2v) is 5.23. The summed E-state index contributed by atoms with van der Waals surface area (Å²) in [6.07, 6.45) is 5.57. The Morgan fingerprint density at radius 3 is 2.80 bits per heavy atom. The summed E-state index contributed by atoms with van der Waals surface area (Å²) in [5.74, 6) is 0.892. The molecule has 0 atom stereocenters. The van der Waals surface area contributed by atoms with Crippen molar-refractivity contribution in [3.63, 3.8) is 0 Å². The molecule has 1 aromatic carbocycles. The van der Waals surface area contributed by atoms with Gasteiger partial charge in [0.2, 0.25) is 0 Å². The molecule has 5 heteroatoms. The van der Waals surface area contributed by atoms with Crippen LogP contribution in [0.4, 0.5) is 0 Å². The topological polar surface area (TPSA) is 52.0 Å². The van der Waals surface area contributed by atoms with Crippen molar-refractivity contribution < 1.29 is 4.74 Å². The van der Waals surface area contributed by atoms with E-state index in [0.717, 1.165) is 31.0 Å². The summed E-state index contributed by atoms with van der Waals surface area (Å²) in [5.41, 5.74) is 2.30. The summed E-state index contributed by atoms with van der Waals surface area (Å²) < 4.78 is 7.06. The first kappa shape index (κ1) is 13.1. The summed E-state index contributed by atoms with van der Waals surface area (Å²) in [7, 11) is 1.68. The quantitative estimate of drug-likeness (QED) is 0.835. The molecule has 0 spiro atoms. The number of aromatic nitrogens is 3. The Kier molecular flexibility index (Phi) is 3.97. The molecule has 1 saturated carbocycles. The van der Waals surface area contributed by atoms with Gasteiger partial charge < -0.3 is 10.1 Å². The molecule has 0 radical (unpaired) electrons. The average Bonchev–Trinajstić information content (AvgIpc) is 3.22. The van der Waals surface area contributed by atoms with Crippen LogP contribution < -0.4 is 10.1 Å². The molecule has 1 aliphatic carbocycles. The fraction of sp³-hybridized carbons (Fsp3) is 0.467. The Labute approximate surface area is 118 Å². The third-order valence-electron chi connectivity index (χ3n) is 3.52. The predicted octanol–water partition coefficient (Wildman–Crippen LogP) is 1.78. The Morgan fingerprint density at radius 2 is 2.10 bits per heavy atom. The van der Waals surface area contributed by atoms with E-state index in [9.17, 15) is 0 Å². The standard InChI is InChI=1S/C15H20N4O/c1-20-15-6-2-12(3-7-15)8-9-19-11-14(17-18-19)10-16-13-4-5-13/h2-3,6-7,11,13,16H,4-5,8-10H2,1H3. The molecule has 0 saturated heterocycles. The normalized spacial score (nSPS) is 14.4. The number of nitrogens with zero attached hydrogens (tertiary/aromatic N) is 3. The Hall–Kier alpha value is -1.88. The highest BCUT2D eigenvalue weighted by Crippen LogP contribution is 2.18. The SMILES string of the molecule is COc1ccc(CCn2cc(CNC3CC3)nn2)cc1. The largest absolute Gasteiger partial charge is 0.497 e. The summed E-state index contributed by atoms with van der Waals surface area (Å²) in [6.45, 7) is 1.68. The molecule has 1 aromatic heterocycles. The number of benzene rings is 1. The lowest BCUT2D eigenvalue weighted by atomic mass is 10.1. The highest BCUT2D eigenvalue weighted by atomic mass is 16.5. The van der Waals surface area contributed by atoms with E-state index in [1.807, 2.05) is 23.0 Å². The van der Waals surface area contributed by atoms with E-state index in [-0.39, 0.29) is 0 Å². The van der Waals surface area contributed by atoms with Gasteiger partial charge in [-0.25, -0.2) is 0 Å². The van der Waals surface area contributed by atoms with E-state index in [1.54, 1.807) is 7.11 Å². The summed E-state index contributed by atoms with van der Waals surface area (Å²) >= 11 is 0. The van der Waals surface area contributed by atoms with Crippen LogP contribution in [0.3, 0.4) is 0 Å². The number of ether oxygens (including phenoxy) is 1. The number of aryl methyl sites for hydroxylation is 2. The summed E-state index contributed by atoms with van der Waals surface area (Å²) in [5, 5.41) is 11.8. The van der Waals surface area contributed by atoms with Crippen LogP contribution in [0.2, 0.25) is 0 Å². The summed E-state index contributed by atoms with van der Waals surface area (Å²) in [4.78, 5) is 0. The molecule has 1 N–H and O–H groups in total. The number of nitrogens with one attached hydrogen (secondary N) is 1. The van der Waals surface area contributed by atoms with Gasteiger partial charge in [-0.05, 0) is 37.0 Å². The smallest absolute Gasteiger partial charge is 0.118 e. The van der Waals surface area contributed by atoms with Crippen molar-refractivity contribution in [2.75, 3.05) is 7.11 Å². The van der Waals surface area contributed by atoms with Crippen molar-refractivity contribution in [1.29, 1.82) is 0 Å². The predicted molar refractivity (Wildman–Crippen MR) is 76.6 cm³/mol. The van der Waals surface area contributed by atoms with Crippen LogP contribution in [0.1, 0.15) is 24.1 Å². The van der Waals surface area contributed by atoms with Gasteiger partial charge in [-0.15, -0.1) is 5.10 Å². The minimum Gasteiger partial charge on any atom is -0.497 e. The molecule has 0 unspecified atom stereocenters. The number of hydrogen-bond donors (Lipinski definition) is 1. The lowest BCUT2D eigenvalue weighted by molar-refractivity contribution is 0.414. The van der Waals surface area contributed by atoms with E-state index in [2.05, 4.69) is 27.8 Å². The molecule has 20 heavy (non-hydrogen) atoms. The minimum absolute atomic E-state index is 0.708. The van der Waals surface area contributed by atoms with Crippen LogP contribution in [0.25, 0.3) is 0 Å². The van der Waals surface area contributed by atoms with Gasteiger partial charge >= 0.3 is 0 Å². The van der Waals surface area contributed by atoms with Gasteiger partial charge in [-0.3, -0.25) is 4.68 Å². The number of rotatable bonds is 7. The first-order chi connectivity index (χ1) is 9.83. The monoisotopic (exact) mass is 272 g/mol. The Morgan fingerprint density at radius 1 is 1.30 bits per heavy atom. The molecule has 106 valence electrons. The van der Waals surface area contributed by atoms with Crippen molar-refractivity contribution in [3.8, 4) is 5.75 Å². The van der Waals surface area contributed by atoms with Crippen molar-refractivity contribution in [1.82, 2.24) is 20.3 Å². The van der Waals surface area contributed by atoms with Gasteiger partial charge in [0.15, 0.2) is 0 Å². The van der Waals surface area contributed by atoms with E-state index in [0.29, 0.717) is 6.04 Å². The van der Waals surface area contributed by atoms with Crippen LogP contribution in [0.15, 0.2) is 30.5 Å². The molecule has 1 fully saturated rings. The Bertz CT molecular complexity index is 545. The molecule has 5 nitrogen and oxygen atoms in total. The number of methoxy groups -OCH3 is 1. The highest BCUT2D eigenvalue weighted by Gasteiger charge is 2.20. The maximum atomic E-state index is 5.15. The summed E-state index contributed by atoms with van der Waals surface area (Å²) in [6, 6.07) is 8.86. The maximum absolute atomic E-state index is 5.15. The minimum atomic E-state index is 0.708. The lowest BCUT2D eigenvalue weighted by Gasteiger charge is -2.03. The van der Waals surface area contributed by atoms with E-state index in [1.165, 1.54) is 18.4 Å². The third-order valence-corrected chi connectivity index (χ3v) is 3.52. The van der Waals surface area contributed by atoms with Crippen molar-refractivity contribution >= 4 is 0 Å². The third kappa shape index (κ3) is 3.57. The Balaban J connectivity index is 1.49. The zero-order valence-electron chi connectivity index (χ0n) is 11.7. The average molecular weight is 272 g/mol. The molecule has 0 bridgehead atoms. The van der Waals surface area contributed by atoms with Gasteiger partial charge in [0.1, 0.15) is 5.75 Å². The number of hydrogen-bond acceptors (Lipinski definition) is 4. The van der Waals surface area contributed by atoms with Gasteiger partial charge in [-0.2, -0.15) is 0 Å². The van der Waals surface area contributed by atoms with Gasteiger partial charge in [-0.1, -0.05) is 17.3 Å². The van der Waals surface area contributed by atoms with Crippen LogP contribution in [-0.2, 0) is 19.5 Å². The van der Waals surface area contributed by atoms with Gasteiger partial charge in [0.25, 0.3) is 0 Å². The van der Waals surface area contributed by atoms with E-state index in [4.69, 9.17) is 4.74 Å². The van der Waals surface area contributed by atoms with E-state index >= 15 is 0 Å². The fourth-order valence-corrected chi connectivity index (χ4v) is 2.10. The highest BCUT2D eigenvalue weighted by molar-refractivity contribution is 5.27. The molecule has 1 aliphatic rings. The molecule has 0 aliphatic heterocycles. The first-order valence-electron chi connectivity index (χ1n) is 7.09. The maximum Gasteiger partial charge on any atom is 0.118 e. The van der Waals surface area contributed by atoms with Crippen LogP contribution in [0, 0.1) is 0 Å². The lowest BCUT2D eigenvalue weighted by Crippen LogP contribution is -2.15. The van der Waals surface area contributed by atoms with Crippen molar-refractivity contribution in [2.45, 2.75) is 38.4 Å². The molecule has 2 aromatic rings. The van der Waals surface area contributed by atoms with Crippen LogP contribution in [0.5, 0.6) is 5.75 Å². The first-order valence-corrected chi connectivity index (χ1v) is 7.09. The van der Waals surface area contributed by atoms with Crippen LogP contribution in [-0.4, -0.2) is 28.1 Å². The zero-order chi connectivity index (χ0) is 13.8. The van der Waals surface area contributed by atoms with Crippen molar-refractivity contribution in [3.05, 3.63) is 41.7 Å². The van der Waals surface area contributed by atoms with E-state index < -0.39 is 0 Å². The molecule has 3 rings (SSSR count). The van der Waals surface area contributed by atoms with Crippen LogP contribution >= 0.6 is 0 Å². The molecule has 1 heterocycles. The second-order valence-electron chi connectivity index (χ2n) is 5.23. The van der Waals surface area contributed by atoms with Gasteiger partial charge in [0, 0.05) is 25.3 Å². The molecular weight excluding hydrogens is 252 g/mol. The van der Waals surface area contributed by atoms with Gasteiger partial charge in [0.05, 0.1) is 12.8 Å². The molecular formula is C15H20N4O. The van der Waals surface area contributed by atoms with Crippen molar-refractivity contribution in [2.24, 2.45) is 0 Å². The zero-order valence-corrected chi connectivity index (χ0v) is 11.7. The molecule has 0 amide bonds. The second kappa shape index (κ2) is 6.05. The fourth-order valence-electron chi connectivity index (χ4n) is 2.10.